The zero-order valence-corrected chi connectivity index (χ0v) is 21.4. The lowest BCUT2D eigenvalue weighted by Crippen LogP contribution is -2.38. The van der Waals surface area contributed by atoms with Gasteiger partial charge < -0.3 is 4.74 Å². The van der Waals surface area contributed by atoms with Gasteiger partial charge in [0.2, 0.25) is 20.0 Å². The van der Waals surface area contributed by atoms with E-state index in [1.807, 2.05) is 24.3 Å². The van der Waals surface area contributed by atoms with Gasteiger partial charge in [-0.15, -0.1) is 0 Å². The molecule has 0 spiro atoms. The molecule has 1 aliphatic rings. The minimum Gasteiger partial charge on any atom is -0.496 e. The highest BCUT2D eigenvalue weighted by molar-refractivity contribution is 7.92. The second kappa shape index (κ2) is 9.38. The van der Waals surface area contributed by atoms with Crippen molar-refractivity contribution in [3.8, 4) is 5.75 Å². The molecule has 0 radical (unpaired) electrons. The minimum absolute atomic E-state index is 0.156. The number of methoxy groups -OCH3 is 1. The average Bonchev–Trinajstić information content (AvgIpc) is 2.70. The van der Waals surface area contributed by atoms with Gasteiger partial charge in [0.05, 0.1) is 24.8 Å². The van der Waals surface area contributed by atoms with E-state index < -0.39 is 20.0 Å². The quantitative estimate of drug-likeness (QED) is 0.601. The maximum Gasteiger partial charge on any atom is 0.235 e. The molecule has 0 saturated carbocycles. The van der Waals surface area contributed by atoms with Gasteiger partial charge in [0.25, 0.3) is 0 Å². The molecule has 0 amide bonds. The van der Waals surface area contributed by atoms with Crippen molar-refractivity contribution in [2.45, 2.75) is 39.0 Å². The summed E-state index contributed by atoms with van der Waals surface area (Å²) >= 11 is 0. The molecular formula is C24H32N2O5S2. The molecular weight excluding hydrogens is 460 g/mol. The van der Waals surface area contributed by atoms with Gasteiger partial charge in [-0.2, -0.15) is 0 Å². The van der Waals surface area contributed by atoms with E-state index in [-0.39, 0.29) is 11.2 Å². The second-order valence-electron chi connectivity index (χ2n) is 9.29. The van der Waals surface area contributed by atoms with Crippen LogP contribution in [0.25, 0.3) is 12.2 Å². The molecule has 3 rings (SSSR count). The highest BCUT2D eigenvalue weighted by atomic mass is 32.2. The highest BCUT2D eigenvalue weighted by Crippen LogP contribution is 2.39. The molecule has 2 aromatic carbocycles. The summed E-state index contributed by atoms with van der Waals surface area (Å²) in [5.41, 5.74) is 3.44. The van der Waals surface area contributed by atoms with Crippen molar-refractivity contribution in [2.24, 2.45) is 0 Å². The normalized spacial score (nSPS) is 16.7. The predicted octanol–water partition coefficient (Wildman–Crippen LogP) is 4.46. The van der Waals surface area contributed by atoms with Crippen molar-refractivity contribution in [2.75, 3.05) is 34.7 Å². The molecule has 1 heterocycles. The third-order valence-corrected chi connectivity index (χ3v) is 7.90. The molecule has 0 unspecified atom stereocenters. The van der Waals surface area contributed by atoms with Gasteiger partial charge >= 0.3 is 0 Å². The Labute approximate surface area is 197 Å². The first kappa shape index (κ1) is 25.1. The van der Waals surface area contributed by atoms with Gasteiger partial charge in [0.15, 0.2) is 0 Å². The Morgan fingerprint density at radius 1 is 1.06 bits per heavy atom. The Morgan fingerprint density at radius 3 is 2.27 bits per heavy atom. The molecule has 1 N–H and O–H groups in total. The molecule has 1 saturated heterocycles. The second-order valence-corrected chi connectivity index (χ2v) is 13.1. The van der Waals surface area contributed by atoms with Gasteiger partial charge in [-0.3, -0.25) is 9.03 Å². The standard InChI is InChI=1S/C24H32N2O5S2/c1-24(2,3)22-17-21(26-14-6-7-15-33(26,29)30)16-19(23(22)31-4)11-8-18-9-12-20(13-10-18)25-32(5,27)28/h8-13,16-17,25H,6-7,14-15H2,1-5H3/b11-8+. The van der Waals surface area contributed by atoms with Gasteiger partial charge in [-0.05, 0) is 48.1 Å². The molecule has 180 valence electrons. The maximum atomic E-state index is 12.7. The van der Waals surface area contributed by atoms with E-state index in [1.54, 1.807) is 31.4 Å². The number of hydrogen-bond acceptors (Lipinski definition) is 5. The first-order valence-corrected chi connectivity index (χ1v) is 14.3. The fourth-order valence-electron chi connectivity index (χ4n) is 3.83. The summed E-state index contributed by atoms with van der Waals surface area (Å²) in [6.07, 6.45) is 6.40. The van der Waals surface area contributed by atoms with Crippen molar-refractivity contribution in [3.63, 3.8) is 0 Å². The van der Waals surface area contributed by atoms with Crippen LogP contribution in [-0.2, 0) is 25.5 Å². The Hall–Kier alpha value is -2.52. The van der Waals surface area contributed by atoms with E-state index in [0.29, 0.717) is 30.1 Å². The number of nitrogens with one attached hydrogen (secondary N) is 1. The Bertz CT molecular complexity index is 1240. The molecule has 2 aromatic rings. The smallest absolute Gasteiger partial charge is 0.235 e. The summed E-state index contributed by atoms with van der Waals surface area (Å²) in [4.78, 5) is 0. The van der Waals surface area contributed by atoms with Crippen LogP contribution in [0.4, 0.5) is 11.4 Å². The van der Waals surface area contributed by atoms with Crippen LogP contribution >= 0.6 is 0 Å². The van der Waals surface area contributed by atoms with Crippen molar-refractivity contribution in [1.82, 2.24) is 0 Å². The first-order chi connectivity index (χ1) is 15.3. The lowest BCUT2D eigenvalue weighted by molar-refractivity contribution is 0.396. The third-order valence-electron chi connectivity index (χ3n) is 5.42. The number of rotatable bonds is 6. The summed E-state index contributed by atoms with van der Waals surface area (Å²) < 4.78 is 58.0. The number of hydrogen-bond donors (Lipinski definition) is 1. The van der Waals surface area contributed by atoms with E-state index in [4.69, 9.17) is 4.74 Å². The number of ether oxygens (including phenoxy) is 1. The van der Waals surface area contributed by atoms with Gasteiger partial charge in [0, 0.05) is 23.4 Å². The molecule has 0 atom stereocenters. The Balaban J connectivity index is 2.04. The number of anilines is 2. The minimum atomic E-state index is -3.35. The molecule has 0 aliphatic carbocycles. The van der Waals surface area contributed by atoms with Gasteiger partial charge in [0.1, 0.15) is 5.75 Å². The molecule has 1 aliphatic heterocycles. The molecule has 7 nitrogen and oxygen atoms in total. The summed E-state index contributed by atoms with van der Waals surface area (Å²) in [7, 11) is -5.07. The number of sulfonamides is 2. The molecule has 33 heavy (non-hydrogen) atoms. The van der Waals surface area contributed by atoms with Crippen LogP contribution in [0.15, 0.2) is 36.4 Å². The Morgan fingerprint density at radius 2 is 1.73 bits per heavy atom. The molecule has 0 aromatic heterocycles. The first-order valence-electron chi connectivity index (χ1n) is 10.8. The maximum absolute atomic E-state index is 12.7. The van der Waals surface area contributed by atoms with Crippen LogP contribution in [0.5, 0.6) is 5.75 Å². The summed E-state index contributed by atoms with van der Waals surface area (Å²) in [5.74, 6) is 0.857. The molecule has 1 fully saturated rings. The van der Waals surface area contributed by atoms with E-state index in [1.165, 1.54) is 4.31 Å². The van der Waals surface area contributed by atoms with E-state index in [0.717, 1.165) is 29.4 Å². The summed E-state index contributed by atoms with van der Waals surface area (Å²) in [6.45, 7) is 6.68. The van der Waals surface area contributed by atoms with Crippen molar-refractivity contribution in [1.29, 1.82) is 0 Å². The summed E-state index contributed by atoms with van der Waals surface area (Å²) in [6, 6.07) is 10.8. The van der Waals surface area contributed by atoms with Gasteiger partial charge in [-0.1, -0.05) is 45.1 Å². The van der Waals surface area contributed by atoms with Crippen LogP contribution in [0, 0.1) is 0 Å². The average molecular weight is 493 g/mol. The van der Waals surface area contributed by atoms with Crippen LogP contribution in [0.3, 0.4) is 0 Å². The van der Waals surface area contributed by atoms with Crippen LogP contribution in [0.2, 0.25) is 0 Å². The third kappa shape index (κ3) is 6.29. The van der Waals surface area contributed by atoms with Crippen molar-refractivity contribution < 1.29 is 21.6 Å². The highest BCUT2D eigenvalue weighted by Gasteiger charge is 2.29. The number of benzene rings is 2. The van der Waals surface area contributed by atoms with Crippen molar-refractivity contribution >= 4 is 43.6 Å². The fraction of sp³-hybridized carbons (Fsp3) is 0.417. The number of nitrogens with zero attached hydrogens (tertiary/aromatic N) is 1. The SMILES string of the molecule is COc1c(/C=C/c2ccc(NS(C)(=O)=O)cc2)cc(N2CCCCS2(=O)=O)cc1C(C)(C)C. The predicted molar refractivity (Wildman–Crippen MR) is 136 cm³/mol. The zero-order chi connectivity index (χ0) is 24.4. The van der Waals surface area contributed by atoms with Crippen LogP contribution in [0.1, 0.15) is 50.3 Å². The van der Waals surface area contributed by atoms with Crippen molar-refractivity contribution in [3.05, 3.63) is 53.1 Å². The van der Waals surface area contributed by atoms with E-state index in [2.05, 4.69) is 25.5 Å². The Kier molecular flexibility index (Phi) is 7.14. The fourth-order valence-corrected chi connectivity index (χ4v) is 6.02. The lowest BCUT2D eigenvalue weighted by Gasteiger charge is -2.31. The van der Waals surface area contributed by atoms with Crippen LogP contribution < -0.4 is 13.8 Å². The lowest BCUT2D eigenvalue weighted by atomic mass is 9.84. The van der Waals surface area contributed by atoms with Gasteiger partial charge in [-0.25, -0.2) is 16.8 Å². The van der Waals surface area contributed by atoms with E-state index >= 15 is 0 Å². The van der Waals surface area contributed by atoms with E-state index in [9.17, 15) is 16.8 Å². The molecule has 0 bridgehead atoms. The monoisotopic (exact) mass is 492 g/mol. The van der Waals surface area contributed by atoms with Crippen LogP contribution in [-0.4, -0.2) is 42.5 Å². The topological polar surface area (TPSA) is 92.8 Å². The summed E-state index contributed by atoms with van der Waals surface area (Å²) in [5, 5.41) is 0. The zero-order valence-electron chi connectivity index (χ0n) is 19.8. The molecule has 9 heteroatoms. The largest absolute Gasteiger partial charge is 0.496 e.